The fourth-order valence-corrected chi connectivity index (χ4v) is 2.31. The van der Waals surface area contributed by atoms with E-state index < -0.39 is 0 Å². The van der Waals surface area contributed by atoms with Crippen molar-refractivity contribution < 1.29 is 14.3 Å². The van der Waals surface area contributed by atoms with E-state index in [9.17, 15) is 9.59 Å². The van der Waals surface area contributed by atoms with E-state index in [-0.39, 0.29) is 18.4 Å². The minimum absolute atomic E-state index is 0.0854. The third-order valence-corrected chi connectivity index (χ3v) is 3.67. The standard InChI is InChI=1S/C20H24N2O3/c1-4-25-18-10-8-15(9-11-18)20(24)21-13-19(23)22-17-7-5-6-16(12-17)14(2)3/h5-12,14H,4,13H2,1-3H3,(H,21,24)(H,22,23). The van der Waals surface area contributed by atoms with Gasteiger partial charge in [-0.2, -0.15) is 0 Å². The number of benzene rings is 2. The first kappa shape index (κ1) is 18.5. The summed E-state index contributed by atoms with van der Waals surface area (Å²) in [6.07, 6.45) is 0. The quantitative estimate of drug-likeness (QED) is 0.809. The van der Waals surface area contributed by atoms with Crippen molar-refractivity contribution in [3.63, 3.8) is 0 Å². The monoisotopic (exact) mass is 340 g/mol. The smallest absolute Gasteiger partial charge is 0.251 e. The van der Waals surface area contributed by atoms with Crippen molar-refractivity contribution in [2.45, 2.75) is 26.7 Å². The second-order valence-corrected chi connectivity index (χ2v) is 5.97. The zero-order valence-corrected chi connectivity index (χ0v) is 14.8. The molecule has 0 heterocycles. The lowest BCUT2D eigenvalue weighted by Gasteiger charge is -2.10. The Kier molecular flexibility index (Phi) is 6.57. The Balaban J connectivity index is 1.86. The van der Waals surface area contributed by atoms with E-state index in [4.69, 9.17) is 4.74 Å². The van der Waals surface area contributed by atoms with Gasteiger partial charge >= 0.3 is 0 Å². The first-order chi connectivity index (χ1) is 12.0. The number of carbonyl (C=O) groups excluding carboxylic acids is 2. The molecule has 0 saturated carbocycles. The zero-order valence-electron chi connectivity index (χ0n) is 14.8. The third kappa shape index (κ3) is 5.64. The number of anilines is 1. The minimum Gasteiger partial charge on any atom is -0.494 e. The molecule has 0 aliphatic carbocycles. The van der Waals surface area contributed by atoms with Crippen molar-refractivity contribution in [3.05, 3.63) is 59.7 Å². The van der Waals surface area contributed by atoms with Gasteiger partial charge in [0.2, 0.25) is 5.91 Å². The number of carbonyl (C=O) groups is 2. The average molecular weight is 340 g/mol. The third-order valence-electron chi connectivity index (χ3n) is 3.67. The van der Waals surface area contributed by atoms with E-state index in [1.54, 1.807) is 24.3 Å². The summed E-state index contributed by atoms with van der Waals surface area (Å²) < 4.78 is 5.34. The highest BCUT2D eigenvalue weighted by Gasteiger charge is 2.09. The number of amides is 2. The fraction of sp³-hybridized carbons (Fsp3) is 0.300. The van der Waals surface area contributed by atoms with Crippen LogP contribution < -0.4 is 15.4 Å². The van der Waals surface area contributed by atoms with Gasteiger partial charge < -0.3 is 15.4 Å². The maximum atomic E-state index is 12.1. The van der Waals surface area contributed by atoms with Crippen molar-refractivity contribution in [1.29, 1.82) is 0 Å². The molecule has 5 nitrogen and oxygen atoms in total. The molecule has 0 atom stereocenters. The Bertz CT molecular complexity index is 724. The van der Waals surface area contributed by atoms with Crippen LogP contribution in [0.25, 0.3) is 0 Å². The SMILES string of the molecule is CCOc1ccc(C(=O)NCC(=O)Nc2cccc(C(C)C)c2)cc1. The van der Waals surface area contributed by atoms with Gasteiger partial charge in [0.25, 0.3) is 5.91 Å². The van der Waals surface area contributed by atoms with Crippen molar-refractivity contribution in [2.75, 3.05) is 18.5 Å². The van der Waals surface area contributed by atoms with Gasteiger partial charge in [0.05, 0.1) is 13.2 Å². The van der Waals surface area contributed by atoms with Crippen LogP contribution in [0.5, 0.6) is 5.75 Å². The molecule has 0 unspecified atom stereocenters. The van der Waals surface area contributed by atoms with Gasteiger partial charge in [0, 0.05) is 11.3 Å². The lowest BCUT2D eigenvalue weighted by atomic mass is 10.0. The Labute approximate surface area is 148 Å². The number of rotatable bonds is 7. The molecule has 2 rings (SSSR count). The first-order valence-electron chi connectivity index (χ1n) is 8.40. The van der Waals surface area contributed by atoms with E-state index in [1.165, 1.54) is 0 Å². The molecular weight excluding hydrogens is 316 g/mol. The highest BCUT2D eigenvalue weighted by atomic mass is 16.5. The van der Waals surface area contributed by atoms with Gasteiger partial charge in [-0.3, -0.25) is 9.59 Å². The summed E-state index contributed by atoms with van der Waals surface area (Å²) >= 11 is 0. The molecule has 0 fully saturated rings. The van der Waals surface area contributed by atoms with E-state index in [1.807, 2.05) is 31.2 Å². The second kappa shape index (κ2) is 8.87. The molecule has 0 aliphatic rings. The molecule has 132 valence electrons. The van der Waals surface area contributed by atoms with Gasteiger partial charge in [-0.25, -0.2) is 0 Å². The van der Waals surface area contributed by atoms with Crippen LogP contribution in [0.1, 0.15) is 42.6 Å². The van der Waals surface area contributed by atoms with Crippen LogP contribution in [-0.2, 0) is 4.79 Å². The molecule has 2 N–H and O–H groups in total. The van der Waals surface area contributed by atoms with Crippen LogP contribution in [0.15, 0.2) is 48.5 Å². The molecular formula is C20H24N2O3. The highest BCUT2D eigenvalue weighted by Crippen LogP contribution is 2.18. The summed E-state index contributed by atoms with van der Waals surface area (Å²) in [5.41, 5.74) is 2.36. The summed E-state index contributed by atoms with van der Waals surface area (Å²) in [7, 11) is 0. The Hall–Kier alpha value is -2.82. The molecule has 0 saturated heterocycles. The lowest BCUT2D eigenvalue weighted by Crippen LogP contribution is -2.32. The highest BCUT2D eigenvalue weighted by molar-refractivity contribution is 5.99. The number of nitrogens with one attached hydrogen (secondary N) is 2. The molecule has 0 radical (unpaired) electrons. The van der Waals surface area contributed by atoms with Crippen LogP contribution in [-0.4, -0.2) is 25.0 Å². The summed E-state index contributed by atoms with van der Waals surface area (Å²) in [5, 5.41) is 5.41. The molecule has 0 aliphatic heterocycles. The van der Waals surface area contributed by atoms with Crippen molar-refractivity contribution in [3.8, 4) is 5.75 Å². The largest absolute Gasteiger partial charge is 0.494 e. The fourth-order valence-electron chi connectivity index (χ4n) is 2.31. The summed E-state index contributed by atoms with van der Waals surface area (Å²) in [6, 6.07) is 14.5. The Morgan fingerprint density at radius 2 is 1.80 bits per heavy atom. The molecule has 25 heavy (non-hydrogen) atoms. The molecule has 2 aromatic rings. The van der Waals surface area contributed by atoms with E-state index in [0.29, 0.717) is 23.8 Å². The van der Waals surface area contributed by atoms with Crippen LogP contribution in [0, 0.1) is 0 Å². The molecule has 0 spiro atoms. The van der Waals surface area contributed by atoms with Crippen LogP contribution >= 0.6 is 0 Å². The topological polar surface area (TPSA) is 67.4 Å². The molecule has 0 bridgehead atoms. The van der Waals surface area contributed by atoms with Gasteiger partial charge in [-0.1, -0.05) is 26.0 Å². The van der Waals surface area contributed by atoms with Crippen LogP contribution in [0.4, 0.5) is 5.69 Å². The van der Waals surface area contributed by atoms with Crippen LogP contribution in [0.2, 0.25) is 0 Å². The normalized spacial score (nSPS) is 10.4. The number of ether oxygens (including phenoxy) is 1. The zero-order chi connectivity index (χ0) is 18.2. The second-order valence-electron chi connectivity index (χ2n) is 5.97. The van der Waals surface area contributed by atoms with Crippen LogP contribution in [0.3, 0.4) is 0 Å². The predicted octanol–water partition coefficient (Wildman–Crippen LogP) is 3.58. The molecule has 2 aromatic carbocycles. The summed E-state index contributed by atoms with van der Waals surface area (Å²) in [6.45, 7) is 6.58. The van der Waals surface area contributed by atoms with Gasteiger partial charge in [0.15, 0.2) is 0 Å². The summed E-state index contributed by atoms with van der Waals surface area (Å²) in [5.74, 6) is 0.535. The predicted molar refractivity (Wildman–Crippen MR) is 99.1 cm³/mol. The Morgan fingerprint density at radius 3 is 2.44 bits per heavy atom. The van der Waals surface area contributed by atoms with Crippen molar-refractivity contribution in [2.24, 2.45) is 0 Å². The lowest BCUT2D eigenvalue weighted by molar-refractivity contribution is -0.115. The summed E-state index contributed by atoms with van der Waals surface area (Å²) in [4.78, 5) is 24.1. The maximum Gasteiger partial charge on any atom is 0.251 e. The van der Waals surface area contributed by atoms with Gasteiger partial charge in [-0.05, 0) is 54.8 Å². The molecule has 5 heteroatoms. The van der Waals surface area contributed by atoms with Crippen molar-refractivity contribution >= 4 is 17.5 Å². The first-order valence-corrected chi connectivity index (χ1v) is 8.40. The van der Waals surface area contributed by atoms with Gasteiger partial charge in [0.1, 0.15) is 5.75 Å². The van der Waals surface area contributed by atoms with Crippen molar-refractivity contribution in [1.82, 2.24) is 5.32 Å². The molecule has 0 aromatic heterocycles. The minimum atomic E-state index is -0.297. The average Bonchev–Trinajstić information content (AvgIpc) is 2.61. The number of hydrogen-bond acceptors (Lipinski definition) is 3. The maximum absolute atomic E-state index is 12.1. The van der Waals surface area contributed by atoms with E-state index in [2.05, 4.69) is 24.5 Å². The van der Waals surface area contributed by atoms with Gasteiger partial charge in [-0.15, -0.1) is 0 Å². The molecule has 2 amide bonds. The number of hydrogen-bond donors (Lipinski definition) is 2. The Morgan fingerprint density at radius 1 is 1.08 bits per heavy atom. The van der Waals surface area contributed by atoms with E-state index >= 15 is 0 Å². The van der Waals surface area contributed by atoms with E-state index in [0.717, 1.165) is 11.3 Å².